The fourth-order valence-corrected chi connectivity index (χ4v) is 2.24. The van der Waals surface area contributed by atoms with E-state index in [0.717, 1.165) is 28.3 Å². The van der Waals surface area contributed by atoms with Crippen molar-refractivity contribution in [2.75, 3.05) is 5.32 Å². The number of fused-ring (bicyclic) bond motifs is 1. The molecule has 0 aliphatic heterocycles. The third kappa shape index (κ3) is 2.33. The minimum absolute atomic E-state index is 0.247. The summed E-state index contributed by atoms with van der Waals surface area (Å²) in [5.74, 6) is 0. The molecular weight excluding hydrogens is 270 g/mol. The normalized spacial score (nSPS) is 10.7. The van der Waals surface area contributed by atoms with Crippen molar-refractivity contribution >= 4 is 28.7 Å². The Hall–Kier alpha value is -2.47. The molecule has 0 aliphatic carbocycles. The zero-order chi connectivity index (χ0) is 14.1. The summed E-state index contributed by atoms with van der Waals surface area (Å²) >= 11 is 4.86. The fourth-order valence-electron chi connectivity index (χ4n) is 2.13. The zero-order valence-corrected chi connectivity index (χ0v) is 11.7. The lowest BCUT2D eigenvalue weighted by Crippen LogP contribution is -2.18. The smallest absolute Gasteiger partial charge is 0.168 e. The number of thiocarbonyl (C=S) groups is 1. The van der Waals surface area contributed by atoms with Crippen LogP contribution in [-0.2, 0) is 0 Å². The van der Waals surface area contributed by atoms with Gasteiger partial charge in [-0.3, -0.25) is 0 Å². The van der Waals surface area contributed by atoms with E-state index in [1.165, 1.54) is 0 Å². The Kier molecular flexibility index (Phi) is 3.08. The van der Waals surface area contributed by atoms with E-state index in [4.69, 9.17) is 18.0 Å². The van der Waals surface area contributed by atoms with Gasteiger partial charge in [-0.1, -0.05) is 12.1 Å². The predicted molar refractivity (Wildman–Crippen MR) is 83.6 cm³/mol. The number of nitrogens with zero attached hydrogens (tertiary/aromatic N) is 3. The molecule has 3 aromatic rings. The molecule has 0 atom stereocenters. The fraction of sp³-hybridized carbons (Fsp3) is 0.0714. The standard InChI is InChI=1S/C14H13N5S/c1-9-7-13-16-6-5-12(19(13)18-9)10-3-2-4-11(8-10)17-14(15)20/h2-8H,1H3,(H3,15,17,20). The number of aromatic nitrogens is 3. The molecule has 0 saturated carbocycles. The molecular formula is C14H13N5S. The van der Waals surface area contributed by atoms with Crippen molar-refractivity contribution in [3.05, 3.63) is 48.3 Å². The molecule has 1 aromatic carbocycles. The topological polar surface area (TPSA) is 68.2 Å². The number of rotatable bonds is 2. The highest BCUT2D eigenvalue weighted by atomic mass is 32.1. The Morgan fingerprint density at radius 1 is 1.30 bits per heavy atom. The SMILES string of the molecule is Cc1cc2nccc(-c3cccc(NC(N)=S)c3)n2n1. The summed E-state index contributed by atoms with van der Waals surface area (Å²) in [5.41, 5.74) is 10.1. The van der Waals surface area contributed by atoms with Crippen molar-refractivity contribution in [1.29, 1.82) is 0 Å². The quantitative estimate of drug-likeness (QED) is 0.707. The minimum Gasteiger partial charge on any atom is -0.376 e. The molecule has 0 fully saturated rings. The molecule has 3 N–H and O–H groups in total. The van der Waals surface area contributed by atoms with Gasteiger partial charge in [-0.05, 0) is 37.3 Å². The molecule has 0 radical (unpaired) electrons. The van der Waals surface area contributed by atoms with Crippen LogP contribution in [0.25, 0.3) is 16.9 Å². The summed E-state index contributed by atoms with van der Waals surface area (Å²) in [5, 5.41) is 7.64. The Labute approximate surface area is 121 Å². The summed E-state index contributed by atoms with van der Waals surface area (Å²) in [7, 11) is 0. The predicted octanol–water partition coefficient (Wildman–Crippen LogP) is 2.36. The molecule has 0 amide bonds. The highest BCUT2D eigenvalue weighted by Gasteiger charge is 2.07. The van der Waals surface area contributed by atoms with Gasteiger partial charge in [0.2, 0.25) is 0 Å². The van der Waals surface area contributed by atoms with E-state index < -0.39 is 0 Å². The van der Waals surface area contributed by atoms with Crippen molar-refractivity contribution < 1.29 is 0 Å². The van der Waals surface area contributed by atoms with E-state index in [0.29, 0.717) is 0 Å². The van der Waals surface area contributed by atoms with Crippen LogP contribution in [0.3, 0.4) is 0 Å². The van der Waals surface area contributed by atoms with Crippen molar-refractivity contribution in [3.63, 3.8) is 0 Å². The maximum absolute atomic E-state index is 5.50. The lowest BCUT2D eigenvalue weighted by Gasteiger charge is -2.08. The molecule has 20 heavy (non-hydrogen) atoms. The molecule has 3 rings (SSSR count). The Morgan fingerprint density at radius 3 is 2.95 bits per heavy atom. The van der Waals surface area contributed by atoms with Gasteiger partial charge in [0.25, 0.3) is 0 Å². The van der Waals surface area contributed by atoms with Gasteiger partial charge in [-0.15, -0.1) is 0 Å². The molecule has 0 aliphatic rings. The summed E-state index contributed by atoms with van der Waals surface area (Å²) in [6.45, 7) is 1.95. The van der Waals surface area contributed by atoms with Crippen LogP contribution in [0, 0.1) is 6.92 Å². The molecule has 2 aromatic heterocycles. The molecule has 0 saturated heterocycles. The van der Waals surface area contributed by atoms with Crippen molar-refractivity contribution in [1.82, 2.24) is 14.6 Å². The van der Waals surface area contributed by atoms with Gasteiger partial charge in [-0.2, -0.15) is 5.10 Å². The highest BCUT2D eigenvalue weighted by Crippen LogP contribution is 2.23. The third-order valence-electron chi connectivity index (χ3n) is 2.91. The number of anilines is 1. The largest absolute Gasteiger partial charge is 0.376 e. The van der Waals surface area contributed by atoms with Crippen LogP contribution in [0.5, 0.6) is 0 Å². The first kappa shape index (κ1) is 12.6. The number of nitrogens with one attached hydrogen (secondary N) is 1. The van der Waals surface area contributed by atoms with Crippen molar-refractivity contribution in [2.24, 2.45) is 5.73 Å². The van der Waals surface area contributed by atoms with Gasteiger partial charge in [0.1, 0.15) is 0 Å². The summed E-state index contributed by atoms with van der Waals surface area (Å²) in [4.78, 5) is 4.30. The molecule has 2 heterocycles. The van der Waals surface area contributed by atoms with E-state index in [1.54, 1.807) is 6.20 Å². The second-order valence-electron chi connectivity index (χ2n) is 4.46. The van der Waals surface area contributed by atoms with E-state index in [-0.39, 0.29) is 5.11 Å². The number of benzene rings is 1. The van der Waals surface area contributed by atoms with E-state index in [1.807, 2.05) is 47.8 Å². The Balaban J connectivity index is 2.13. The number of hydrogen-bond donors (Lipinski definition) is 2. The summed E-state index contributed by atoms with van der Waals surface area (Å²) in [6, 6.07) is 11.7. The average molecular weight is 283 g/mol. The monoisotopic (exact) mass is 283 g/mol. The second kappa shape index (κ2) is 4.90. The average Bonchev–Trinajstić information content (AvgIpc) is 2.78. The van der Waals surface area contributed by atoms with Crippen LogP contribution in [0.1, 0.15) is 5.69 Å². The van der Waals surface area contributed by atoms with Gasteiger partial charge >= 0.3 is 0 Å². The first-order valence-electron chi connectivity index (χ1n) is 6.12. The van der Waals surface area contributed by atoms with Crippen molar-refractivity contribution in [3.8, 4) is 11.3 Å². The number of aryl methyl sites for hydroxylation is 1. The number of nitrogens with two attached hydrogens (primary N) is 1. The Bertz CT molecular complexity index is 793. The molecule has 0 bridgehead atoms. The van der Waals surface area contributed by atoms with Crippen molar-refractivity contribution in [2.45, 2.75) is 6.92 Å². The van der Waals surface area contributed by atoms with Crippen LogP contribution >= 0.6 is 12.2 Å². The molecule has 0 unspecified atom stereocenters. The minimum atomic E-state index is 0.247. The first-order valence-corrected chi connectivity index (χ1v) is 6.52. The zero-order valence-electron chi connectivity index (χ0n) is 10.9. The summed E-state index contributed by atoms with van der Waals surface area (Å²) in [6.07, 6.45) is 1.78. The third-order valence-corrected chi connectivity index (χ3v) is 3.01. The lowest BCUT2D eigenvalue weighted by molar-refractivity contribution is 0.925. The van der Waals surface area contributed by atoms with Gasteiger partial charge < -0.3 is 11.1 Å². The molecule has 5 nitrogen and oxygen atoms in total. The van der Waals surface area contributed by atoms with Gasteiger partial charge in [0.05, 0.1) is 11.4 Å². The van der Waals surface area contributed by atoms with Crippen LogP contribution in [-0.4, -0.2) is 19.7 Å². The van der Waals surface area contributed by atoms with Gasteiger partial charge in [-0.25, -0.2) is 9.50 Å². The first-order chi connectivity index (χ1) is 9.63. The maximum atomic E-state index is 5.50. The highest BCUT2D eigenvalue weighted by molar-refractivity contribution is 7.80. The number of hydrogen-bond acceptors (Lipinski definition) is 3. The molecule has 100 valence electrons. The summed E-state index contributed by atoms with van der Waals surface area (Å²) < 4.78 is 1.83. The van der Waals surface area contributed by atoms with E-state index in [2.05, 4.69) is 15.4 Å². The van der Waals surface area contributed by atoms with Crippen LogP contribution in [0.2, 0.25) is 0 Å². The Morgan fingerprint density at radius 2 is 2.15 bits per heavy atom. The van der Waals surface area contributed by atoms with Crippen LogP contribution in [0.15, 0.2) is 42.6 Å². The second-order valence-corrected chi connectivity index (χ2v) is 4.90. The molecule has 0 spiro atoms. The van der Waals surface area contributed by atoms with E-state index in [9.17, 15) is 0 Å². The van der Waals surface area contributed by atoms with Gasteiger partial charge in [0, 0.05) is 23.5 Å². The lowest BCUT2D eigenvalue weighted by atomic mass is 10.1. The van der Waals surface area contributed by atoms with Crippen LogP contribution < -0.4 is 11.1 Å². The molecule has 6 heteroatoms. The maximum Gasteiger partial charge on any atom is 0.168 e. The van der Waals surface area contributed by atoms with E-state index >= 15 is 0 Å². The van der Waals surface area contributed by atoms with Crippen LogP contribution in [0.4, 0.5) is 5.69 Å². The van der Waals surface area contributed by atoms with Gasteiger partial charge in [0.15, 0.2) is 10.8 Å².